The maximum Gasteiger partial charge on any atom is 0.177 e. The first-order chi connectivity index (χ1) is 9.62. The summed E-state index contributed by atoms with van der Waals surface area (Å²) in [5.41, 5.74) is 6.55. The molecule has 1 aliphatic rings. The van der Waals surface area contributed by atoms with Crippen LogP contribution >= 0.6 is 11.3 Å². The van der Waals surface area contributed by atoms with E-state index in [0.29, 0.717) is 28.7 Å². The summed E-state index contributed by atoms with van der Waals surface area (Å²) in [5, 5.41) is 0.973. The lowest BCUT2D eigenvalue weighted by Gasteiger charge is -2.18. The van der Waals surface area contributed by atoms with Crippen LogP contribution in [0.4, 0.5) is 10.7 Å². The number of hydrogen-bond donors (Lipinski definition) is 1. The fraction of sp³-hybridized carbons (Fsp3) is 0.643. The molecule has 0 aliphatic carbocycles. The van der Waals surface area contributed by atoms with Gasteiger partial charge in [0, 0.05) is 32.5 Å². The lowest BCUT2D eigenvalue weighted by atomic mass is 10.1. The second-order valence-electron chi connectivity index (χ2n) is 5.02. The fourth-order valence-corrected chi connectivity index (χ4v) is 3.81. The highest BCUT2D eigenvalue weighted by Crippen LogP contribution is 2.46. The zero-order chi connectivity index (χ0) is 14.7. The second-order valence-corrected chi connectivity index (χ2v) is 6.02. The second kappa shape index (κ2) is 6.45. The van der Waals surface area contributed by atoms with Gasteiger partial charge >= 0.3 is 0 Å². The largest absolute Gasteiger partial charge is 0.492 e. The van der Waals surface area contributed by atoms with E-state index in [4.69, 9.17) is 15.2 Å². The summed E-state index contributed by atoms with van der Waals surface area (Å²) < 4.78 is 10.6. The van der Waals surface area contributed by atoms with Crippen LogP contribution in [0.1, 0.15) is 29.4 Å². The molecule has 0 saturated carbocycles. The van der Waals surface area contributed by atoms with Crippen molar-refractivity contribution in [1.29, 1.82) is 0 Å². The number of methoxy groups -OCH3 is 2. The van der Waals surface area contributed by atoms with Gasteiger partial charge in [0.2, 0.25) is 0 Å². The molecule has 1 fully saturated rings. The van der Waals surface area contributed by atoms with Crippen LogP contribution in [0, 0.1) is 5.92 Å². The molecule has 2 N–H and O–H groups in total. The number of carbonyl (C=O) groups is 1. The molecule has 5 nitrogen and oxygen atoms in total. The number of nitrogen functional groups attached to an aromatic ring is 1. The van der Waals surface area contributed by atoms with Crippen LogP contribution < -0.4 is 15.4 Å². The van der Waals surface area contributed by atoms with Crippen LogP contribution in [0.5, 0.6) is 5.75 Å². The number of carbonyl (C=O) groups excluding carboxylic acids is 1. The van der Waals surface area contributed by atoms with Crippen LogP contribution in [0.3, 0.4) is 0 Å². The minimum Gasteiger partial charge on any atom is -0.492 e. The number of nitrogens with zero attached hydrogens (tertiary/aromatic N) is 1. The number of nitrogens with two attached hydrogens (primary N) is 1. The van der Waals surface area contributed by atoms with Crippen molar-refractivity contribution in [2.45, 2.75) is 19.8 Å². The molecule has 112 valence electrons. The highest BCUT2D eigenvalue weighted by Gasteiger charge is 2.29. The lowest BCUT2D eigenvalue weighted by molar-refractivity contribution is 0.0992. The van der Waals surface area contributed by atoms with Crippen molar-refractivity contribution in [3.63, 3.8) is 0 Å². The topological polar surface area (TPSA) is 64.8 Å². The van der Waals surface area contributed by atoms with Crippen LogP contribution in [-0.4, -0.2) is 39.7 Å². The van der Waals surface area contributed by atoms with E-state index in [1.807, 2.05) is 6.92 Å². The first kappa shape index (κ1) is 15.1. The molecule has 0 bridgehead atoms. The van der Waals surface area contributed by atoms with Gasteiger partial charge in [0.15, 0.2) is 11.5 Å². The van der Waals surface area contributed by atoms with Gasteiger partial charge in [-0.2, -0.15) is 0 Å². The van der Waals surface area contributed by atoms with Crippen molar-refractivity contribution in [2.75, 3.05) is 44.5 Å². The molecule has 2 rings (SSSR count). The Labute approximate surface area is 123 Å². The van der Waals surface area contributed by atoms with Crippen molar-refractivity contribution >= 4 is 27.8 Å². The third kappa shape index (κ3) is 2.76. The Hall–Kier alpha value is -1.27. The molecule has 0 spiro atoms. The number of hydrogen-bond acceptors (Lipinski definition) is 6. The van der Waals surface area contributed by atoms with Crippen LogP contribution in [0.25, 0.3) is 0 Å². The van der Waals surface area contributed by atoms with Crippen LogP contribution in [-0.2, 0) is 4.74 Å². The van der Waals surface area contributed by atoms with Gasteiger partial charge in [-0.15, -0.1) is 11.3 Å². The smallest absolute Gasteiger partial charge is 0.177 e. The number of rotatable bonds is 6. The molecule has 1 aromatic rings. The fourth-order valence-electron chi connectivity index (χ4n) is 2.58. The van der Waals surface area contributed by atoms with Gasteiger partial charge in [-0.1, -0.05) is 6.92 Å². The molecule has 1 atom stereocenters. The minimum atomic E-state index is 0.0738. The molecule has 0 amide bonds. The van der Waals surface area contributed by atoms with Crippen molar-refractivity contribution in [3.05, 3.63) is 4.88 Å². The molecule has 1 saturated heterocycles. The van der Waals surface area contributed by atoms with E-state index in [0.717, 1.165) is 31.1 Å². The molecular formula is C14H22N2O3S. The van der Waals surface area contributed by atoms with Gasteiger partial charge in [0.25, 0.3) is 0 Å². The molecule has 0 radical (unpaired) electrons. The summed E-state index contributed by atoms with van der Waals surface area (Å²) in [7, 11) is 3.33. The summed E-state index contributed by atoms with van der Waals surface area (Å²) in [6.07, 6.45) is 1.55. The monoisotopic (exact) mass is 298 g/mol. The normalized spacial score (nSPS) is 18.6. The Kier molecular flexibility index (Phi) is 4.88. The summed E-state index contributed by atoms with van der Waals surface area (Å²) in [5.74, 6) is 1.24. The van der Waals surface area contributed by atoms with E-state index in [9.17, 15) is 4.79 Å². The molecule has 6 heteroatoms. The molecule has 20 heavy (non-hydrogen) atoms. The number of ether oxygens (including phenoxy) is 2. The van der Waals surface area contributed by atoms with Gasteiger partial charge in [-0.3, -0.25) is 4.79 Å². The predicted octanol–water partition coefficient (Wildman–Crippen LogP) is 2.40. The Bertz CT molecular complexity index is 487. The quantitative estimate of drug-likeness (QED) is 0.817. The van der Waals surface area contributed by atoms with Crippen molar-refractivity contribution < 1.29 is 14.3 Å². The summed E-state index contributed by atoms with van der Waals surface area (Å²) in [6, 6.07) is 0. The zero-order valence-corrected chi connectivity index (χ0v) is 13.1. The Morgan fingerprint density at radius 2 is 2.25 bits per heavy atom. The third-order valence-electron chi connectivity index (χ3n) is 3.64. The zero-order valence-electron chi connectivity index (χ0n) is 12.3. The van der Waals surface area contributed by atoms with E-state index >= 15 is 0 Å². The molecule has 0 aromatic carbocycles. The first-order valence-corrected chi connectivity index (χ1v) is 7.67. The van der Waals surface area contributed by atoms with Crippen molar-refractivity contribution in [2.24, 2.45) is 5.92 Å². The summed E-state index contributed by atoms with van der Waals surface area (Å²) in [6.45, 7) is 4.48. The number of Topliss-reactive ketones (excluding diaryl/α,β-unsaturated/α-hetero) is 1. The van der Waals surface area contributed by atoms with Gasteiger partial charge in [-0.25, -0.2) is 0 Å². The maximum atomic E-state index is 11.9. The number of ketones is 1. The highest BCUT2D eigenvalue weighted by atomic mass is 32.1. The van der Waals surface area contributed by atoms with Crippen molar-refractivity contribution in [3.8, 4) is 5.75 Å². The molecular weight excluding hydrogens is 276 g/mol. The van der Waals surface area contributed by atoms with Gasteiger partial charge in [0.05, 0.1) is 24.3 Å². The van der Waals surface area contributed by atoms with Crippen molar-refractivity contribution in [1.82, 2.24) is 0 Å². The van der Waals surface area contributed by atoms with E-state index < -0.39 is 0 Å². The van der Waals surface area contributed by atoms with E-state index in [1.165, 1.54) is 11.3 Å². The SMILES string of the molecule is CCC(=O)c1sc(N2CCC(COC)C2)c(OC)c1N. The molecule has 1 aromatic heterocycles. The molecule has 1 unspecified atom stereocenters. The highest BCUT2D eigenvalue weighted by molar-refractivity contribution is 7.19. The van der Waals surface area contributed by atoms with E-state index in [-0.39, 0.29) is 5.78 Å². The lowest BCUT2D eigenvalue weighted by Crippen LogP contribution is -2.20. The number of thiophene rings is 1. The Balaban J connectivity index is 2.26. The Morgan fingerprint density at radius 1 is 1.50 bits per heavy atom. The minimum absolute atomic E-state index is 0.0738. The molecule has 1 aliphatic heterocycles. The molecule has 2 heterocycles. The van der Waals surface area contributed by atoms with E-state index in [2.05, 4.69) is 4.90 Å². The maximum absolute atomic E-state index is 11.9. The van der Waals surface area contributed by atoms with E-state index in [1.54, 1.807) is 14.2 Å². The standard InChI is InChI=1S/C14H22N2O3S/c1-4-10(17)13-11(15)12(19-3)14(20-13)16-6-5-9(7-16)8-18-2/h9H,4-8,15H2,1-3H3. The average Bonchev–Trinajstić information content (AvgIpc) is 3.02. The first-order valence-electron chi connectivity index (χ1n) is 6.85. The van der Waals surface area contributed by atoms with Gasteiger partial charge in [-0.05, 0) is 6.42 Å². The van der Waals surface area contributed by atoms with Gasteiger partial charge < -0.3 is 20.1 Å². The predicted molar refractivity (Wildman–Crippen MR) is 82.1 cm³/mol. The number of anilines is 2. The summed E-state index contributed by atoms with van der Waals surface area (Å²) in [4.78, 5) is 14.8. The van der Waals surface area contributed by atoms with Crippen LogP contribution in [0.2, 0.25) is 0 Å². The van der Waals surface area contributed by atoms with Gasteiger partial charge in [0.1, 0.15) is 5.00 Å². The third-order valence-corrected chi connectivity index (χ3v) is 4.92. The van der Waals surface area contributed by atoms with Crippen LogP contribution in [0.15, 0.2) is 0 Å². The average molecular weight is 298 g/mol. The Morgan fingerprint density at radius 3 is 2.85 bits per heavy atom. The summed E-state index contributed by atoms with van der Waals surface area (Å²) >= 11 is 1.45.